The summed E-state index contributed by atoms with van der Waals surface area (Å²) in [7, 11) is 0. The lowest BCUT2D eigenvalue weighted by Crippen LogP contribution is -2.47. The third kappa shape index (κ3) is 3.20. The van der Waals surface area contributed by atoms with E-state index in [1.165, 1.54) is 23.5 Å². The van der Waals surface area contributed by atoms with E-state index in [2.05, 4.69) is 29.0 Å². The molecule has 122 valence electrons. The van der Waals surface area contributed by atoms with Gasteiger partial charge < -0.3 is 4.90 Å². The number of thiazole rings is 1. The number of aromatic nitrogens is 1. The second-order valence-electron chi connectivity index (χ2n) is 6.93. The molecule has 1 amide bonds. The van der Waals surface area contributed by atoms with Gasteiger partial charge in [0.2, 0.25) is 5.91 Å². The Morgan fingerprint density at radius 1 is 1.32 bits per heavy atom. The Morgan fingerprint density at radius 3 is 2.73 bits per heavy atom. The molecule has 0 aromatic carbocycles. The minimum Gasteiger partial charge on any atom is -0.338 e. The standard InChI is InChI=1S/C17H27N3OS/c1-12(2)17-18-14(11-22-17)10-19-8-4-6-15(19)16-7-5-9-20(16)13(3)21/h11-12,15-16H,4-10H2,1-3H3/t15-,16-/m0/s1. The van der Waals surface area contributed by atoms with E-state index in [4.69, 9.17) is 4.98 Å². The van der Waals surface area contributed by atoms with Crippen molar-refractivity contribution in [2.45, 2.75) is 71.0 Å². The van der Waals surface area contributed by atoms with Gasteiger partial charge in [-0.25, -0.2) is 4.98 Å². The molecule has 0 unspecified atom stereocenters. The molecule has 0 aliphatic carbocycles. The number of carbonyl (C=O) groups is 1. The largest absolute Gasteiger partial charge is 0.338 e. The lowest BCUT2D eigenvalue weighted by molar-refractivity contribution is -0.130. The summed E-state index contributed by atoms with van der Waals surface area (Å²) in [4.78, 5) is 21.3. The maximum atomic E-state index is 11.9. The van der Waals surface area contributed by atoms with Crippen molar-refractivity contribution in [3.63, 3.8) is 0 Å². The molecular formula is C17H27N3OS. The second-order valence-corrected chi connectivity index (χ2v) is 7.82. The monoisotopic (exact) mass is 321 g/mol. The Hall–Kier alpha value is -0.940. The van der Waals surface area contributed by atoms with E-state index in [1.54, 1.807) is 18.3 Å². The lowest BCUT2D eigenvalue weighted by atomic mass is 10.0. The van der Waals surface area contributed by atoms with Crippen molar-refractivity contribution >= 4 is 17.2 Å². The first kappa shape index (κ1) is 15.9. The van der Waals surface area contributed by atoms with Crippen LogP contribution in [0.25, 0.3) is 0 Å². The van der Waals surface area contributed by atoms with Crippen LogP contribution in [0.5, 0.6) is 0 Å². The van der Waals surface area contributed by atoms with E-state index in [1.807, 2.05) is 0 Å². The molecule has 3 rings (SSSR count). The van der Waals surface area contributed by atoms with Gasteiger partial charge in [0, 0.05) is 43.4 Å². The average molecular weight is 321 g/mol. The number of likely N-dealkylation sites (tertiary alicyclic amines) is 2. The van der Waals surface area contributed by atoms with Crippen molar-refractivity contribution in [1.29, 1.82) is 0 Å². The van der Waals surface area contributed by atoms with Gasteiger partial charge in [0.1, 0.15) is 0 Å². The molecule has 0 bridgehead atoms. The fourth-order valence-electron chi connectivity index (χ4n) is 3.94. The van der Waals surface area contributed by atoms with E-state index in [0.29, 0.717) is 18.0 Å². The predicted octanol–water partition coefficient (Wildman–Crippen LogP) is 3.24. The zero-order chi connectivity index (χ0) is 15.7. The number of carbonyl (C=O) groups excluding carboxylic acids is 1. The number of amides is 1. The Morgan fingerprint density at radius 2 is 2.05 bits per heavy atom. The molecule has 2 aliphatic rings. The van der Waals surface area contributed by atoms with Crippen molar-refractivity contribution < 1.29 is 4.79 Å². The summed E-state index contributed by atoms with van der Waals surface area (Å²) in [5.74, 6) is 0.751. The van der Waals surface area contributed by atoms with Crippen molar-refractivity contribution in [2.75, 3.05) is 13.1 Å². The van der Waals surface area contributed by atoms with Crippen LogP contribution < -0.4 is 0 Å². The Kier molecular flexibility index (Phi) is 4.83. The summed E-state index contributed by atoms with van der Waals surface area (Å²) in [6, 6.07) is 0.943. The molecule has 5 heteroatoms. The van der Waals surface area contributed by atoms with Gasteiger partial charge in [0.15, 0.2) is 0 Å². The van der Waals surface area contributed by atoms with Crippen molar-refractivity contribution in [3.8, 4) is 0 Å². The summed E-state index contributed by atoms with van der Waals surface area (Å²) in [6.07, 6.45) is 4.78. The van der Waals surface area contributed by atoms with Gasteiger partial charge in [-0.3, -0.25) is 9.69 Å². The zero-order valence-electron chi connectivity index (χ0n) is 13.9. The van der Waals surface area contributed by atoms with E-state index in [-0.39, 0.29) is 5.91 Å². The van der Waals surface area contributed by atoms with Gasteiger partial charge in [-0.15, -0.1) is 11.3 Å². The molecule has 0 saturated carbocycles. The number of hydrogen-bond donors (Lipinski definition) is 0. The molecule has 3 heterocycles. The minimum atomic E-state index is 0.241. The van der Waals surface area contributed by atoms with E-state index in [9.17, 15) is 4.79 Å². The molecule has 0 spiro atoms. The van der Waals surface area contributed by atoms with Gasteiger partial charge in [0.25, 0.3) is 0 Å². The van der Waals surface area contributed by atoms with Crippen LogP contribution in [0.15, 0.2) is 5.38 Å². The highest BCUT2D eigenvalue weighted by molar-refractivity contribution is 7.09. The van der Waals surface area contributed by atoms with Gasteiger partial charge in [-0.05, 0) is 32.2 Å². The number of hydrogen-bond acceptors (Lipinski definition) is 4. The smallest absolute Gasteiger partial charge is 0.219 e. The lowest BCUT2D eigenvalue weighted by Gasteiger charge is -2.34. The second kappa shape index (κ2) is 6.67. The fraction of sp³-hybridized carbons (Fsp3) is 0.765. The SMILES string of the molecule is CC(=O)N1CCC[C@H]1[C@@H]1CCCN1Cc1csc(C(C)C)n1. The predicted molar refractivity (Wildman–Crippen MR) is 90.0 cm³/mol. The first-order chi connectivity index (χ1) is 10.6. The van der Waals surface area contributed by atoms with E-state index < -0.39 is 0 Å². The quantitative estimate of drug-likeness (QED) is 0.854. The van der Waals surface area contributed by atoms with Crippen LogP contribution in [-0.4, -0.2) is 45.9 Å². The highest BCUT2D eigenvalue weighted by Gasteiger charge is 2.38. The van der Waals surface area contributed by atoms with Gasteiger partial charge in [-0.2, -0.15) is 0 Å². The Balaban J connectivity index is 1.68. The summed E-state index contributed by atoms with van der Waals surface area (Å²) in [5, 5.41) is 3.44. The molecule has 0 N–H and O–H groups in total. The number of rotatable bonds is 4. The summed E-state index contributed by atoms with van der Waals surface area (Å²) in [5.41, 5.74) is 1.20. The van der Waals surface area contributed by atoms with Crippen LogP contribution in [-0.2, 0) is 11.3 Å². The molecular weight excluding hydrogens is 294 g/mol. The van der Waals surface area contributed by atoms with Crippen LogP contribution in [0.2, 0.25) is 0 Å². The maximum Gasteiger partial charge on any atom is 0.219 e. The van der Waals surface area contributed by atoms with Gasteiger partial charge in [-0.1, -0.05) is 13.8 Å². The molecule has 1 aromatic rings. The van der Waals surface area contributed by atoms with Crippen LogP contribution in [0.3, 0.4) is 0 Å². The third-order valence-electron chi connectivity index (χ3n) is 4.99. The van der Waals surface area contributed by atoms with E-state index >= 15 is 0 Å². The van der Waals surface area contributed by atoms with Gasteiger partial charge in [0.05, 0.1) is 10.7 Å². The zero-order valence-corrected chi connectivity index (χ0v) is 14.7. The first-order valence-electron chi connectivity index (χ1n) is 8.52. The molecule has 2 fully saturated rings. The molecule has 2 aliphatic heterocycles. The molecule has 0 radical (unpaired) electrons. The van der Waals surface area contributed by atoms with Crippen molar-refractivity contribution in [3.05, 3.63) is 16.1 Å². The maximum absolute atomic E-state index is 11.9. The molecule has 4 nitrogen and oxygen atoms in total. The van der Waals surface area contributed by atoms with E-state index in [0.717, 1.165) is 32.5 Å². The summed E-state index contributed by atoms with van der Waals surface area (Å²) in [6.45, 7) is 9.14. The third-order valence-corrected chi connectivity index (χ3v) is 6.18. The first-order valence-corrected chi connectivity index (χ1v) is 9.39. The van der Waals surface area contributed by atoms with Crippen LogP contribution in [0.1, 0.15) is 63.1 Å². The average Bonchev–Trinajstić information content (AvgIpc) is 3.17. The molecule has 1 aromatic heterocycles. The summed E-state index contributed by atoms with van der Waals surface area (Å²) >= 11 is 1.78. The van der Waals surface area contributed by atoms with Gasteiger partial charge >= 0.3 is 0 Å². The molecule has 2 saturated heterocycles. The van der Waals surface area contributed by atoms with Crippen molar-refractivity contribution in [1.82, 2.24) is 14.8 Å². The fourth-order valence-corrected chi connectivity index (χ4v) is 4.76. The van der Waals surface area contributed by atoms with Crippen LogP contribution in [0, 0.1) is 0 Å². The highest BCUT2D eigenvalue weighted by atomic mass is 32.1. The van der Waals surface area contributed by atoms with Crippen LogP contribution in [0.4, 0.5) is 0 Å². The summed E-state index contributed by atoms with van der Waals surface area (Å²) < 4.78 is 0. The molecule has 22 heavy (non-hydrogen) atoms. The highest BCUT2D eigenvalue weighted by Crippen LogP contribution is 2.31. The topological polar surface area (TPSA) is 36.4 Å². The Bertz CT molecular complexity index is 528. The molecule has 2 atom stereocenters. The van der Waals surface area contributed by atoms with Crippen molar-refractivity contribution in [2.24, 2.45) is 0 Å². The van der Waals surface area contributed by atoms with Crippen LogP contribution >= 0.6 is 11.3 Å². The normalized spacial score (nSPS) is 26.3. The minimum absolute atomic E-state index is 0.241. The Labute approximate surface area is 137 Å². The number of nitrogens with zero attached hydrogens (tertiary/aromatic N) is 3.